The first-order valence-corrected chi connectivity index (χ1v) is 7.09. The zero-order valence-corrected chi connectivity index (χ0v) is 12.5. The van der Waals surface area contributed by atoms with Gasteiger partial charge < -0.3 is 27.4 Å². The van der Waals surface area contributed by atoms with E-state index >= 15 is 0 Å². The van der Waals surface area contributed by atoms with Gasteiger partial charge in [0, 0.05) is 54.7 Å². The Bertz CT molecular complexity index is 515. The van der Waals surface area contributed by atoms with Crippen molar-refractivity contribution >= 4 is 23.0 Å². The maximum Gasteiger partial charge on any atom is 0.0450 e. The van der Waals surface area contributed by atoms with Crippen molar-refractivity contribution in [2.75, 3.05) is 30.8 Å². The van der Waals surface area contributed by atoms with Crippen molar-refractivity contribution in [3.8, 4) is 0 Å². The quantitative estimate of drug-likeness (QED) is 0.625. The second-order valence-corrected chi connectivity index (χ2v) is 5.44. The minimum atomic E-state index is 0.00188. The van der Waals surface area contributed by atoms with Gasteiger partial charge in [0.05, 0.1) is 0 Å². The van der Waals surface area contributed by atoms with Crippen LogP contribution >= 0.6 is 11.6 Å². The van der Waals surface area contributed by atoms with E-state index in [1.165, 1.54) is 5.57 Å². The molecule has 0 amide bonds. The van der Waals surface area contributed by atoms with Crippen LogP contribution in [-0.4, -0.2) is 26.2 Å². The summed E-state index contributed by atoms with van der Waals surface area (Å²) in [7, 11) is 1.89. The number of benzene rings is 1. The van der Waals surface area contributed by atoms with E-state index in [1.807, 2.05) is 19.3 Å². The fraction of sp³-hybridized carbons (Fsp3) is 0.429. The molecule has 0 bridgehead atoms. The predicted octanol–water partition coefficient (Wildman–Crippen LogP) is 1.02. The van der Waals surface area contributed by atoms with Crippen molar-refractivity contribution in [3.05, 3.63) is 34.5 Å². The molecule has 0 aliphatic carbocycles. The zero-order valence-electron chi connectivity index (χ0n) is 11.7. The summed E-state index contributed by atoms with van der Waals surface area (Å²) in [5.74, 6) is 0. The standard InChI is InChI=1S/C14H22ClN5/c1-19-7-9-2-3-20(8-13(9)18)14-5-10(15)4-12(17)11(14)6-16/h4-5,7,13,19H,2-3,6,8,16-18H2,1H3/b9-7-. The number of nitrogen functional groups attached to an aromatic ring is 1. The lowest BCUT2D eigenvalue weighted by atomic mass is 9.98. The number of hydrogen-bond acceptors (Lipinski definition) is 5. The Labute approximate surface area is 124 Å². The van der Waals surface area contributed by atoms with Crippen LogP contribution in [-0.2, 0) is 6.54 Å². The van der Waals surface area contributed by atoms with E-state index in [9.17, 15) is 0 Å². The number of nitrogens with two attached hydrogens (primary N) is 3. The second-order valence-electron chi connectivity index (χ2n) is 5.01. The summed E-state index contributed by atoms with van der Waals surface area (Å²) < 4.78 is 0. The van der Waals surface area contributed by atoms with Crippen LogP contribution in [0.15, 0.2) is 23.9 Å². The third-order valence-electron chi connectivity index (χ3n) is 3.66. The molecular formula is C14H22ClN5. The van der Waals surface area contributed by atoms with E-state index in [4.69, 9.17) is 28.8 Å². The van der Waals surface area contributed by atoms with Gasteiger partial charge in [-0.15, -0.1) is 0 Å². The third-order valence-corrected chi connectivity index (χ3v) is 3.88. The minimum Gasteiger partial charge on any atom is -0.398 e. The largest absolute Gasteiger partial charge is 0.398 e. The Morgan fingerprint density at radius 2 is 2.25 bits per heavy atom. The summed E-state index contributed by atoms with van der Waals surface area (Å²) in [4.78, 5) is 2.21. The van der Waals surface area contributed by atoms with E-state index in [0.29, 0.717) is 17.3 Å². The lowest BCUT2D eigenvalue weighted by Crippen LogP contribution is -2.45. The fourth-order valence-corrected chi connectivity index (χ4v) is 2.85. The van der Waals surface area contributed by atoms with Gasteiger partial charge in [0.2, 0.25) is 0 Å². The van der Waals surface area contributed by atoms with Crippen LogP contribution in [0, 0.1) is 0 Å². The number of anilines is 2. The molecule has 7 N–H and O–H groups in total. The first kappa shape index (κ1) is 15.0. The maximum atomic E-state index is 6.21. The Morgan fingerprint density at radius 1 is 1.50 bits per heavy atom. The Balaban J connectivity index is 2.28. The molecule has 1 aromatic rings. The summed E-state index contributed by atoms with van der Waals surface area (Å²) in [5.41, 5.74) is 21.8. The summed E-state index contributed by atoms with van der Waals surface area (Å²) in [5, 5.41) is 3.67. The molecule has 6 heteroatoms. The smallest absolute Gasteiger partial charge is 0.0450 e. The lowest BCUT2D eigenvalue weighted by Gasteiger charge is -2.36. The molecule has 20 heavy (non-hydrogen) atoms. The SMILES string of the molecule is CN/C=C1/CCN(c2cc(Cl)cc(N)c2CN)CC1N. The van der Waals surface area contributed by atoms with Crippen molar-refractivity contribution < 1.29 is 0 Å². The zero-order chi connectivity index (χ0) is 14.7. The maximum absolute atomic E-state index is 6.21. The first-order chi connectivity index (χ1) is 9.56. The van der Waals surface area contributed by atoms with Crippen LogP contribution in [0.1, 0.15) is 12.0 Å². The Kier molecular flexibility index (Phi) is 4.75. The van der Waals surface area contributed by atoms with Gasteiger partial charge >= 0.3 is 0 Å². The topological polar surface area (TPSA) is 93.3 Å². The van der Waals surface area contributed by atoms with Crippen LogP contribution in [0.5, 0.6) is 0 Å². The number of rotatable bonds is 3. The second kappa shape index (κ2) is 6.35. The van der Waals surface area contributed by atoms with Crippen LogP contribution in [0.25, 0.3) is 0 Å². The average Bonchev–Trinajstić information content (AvgIpc) is 2.40. The van der Waals surface area contributed by atoms with Gasteiger partial charge in [0.15, 0.2) is 0 Å². The van der Waals surface area contributed by atoms with Crippen molar-refractivity contribution in [2.24, 2.45) is 11.5 Å². The predicted molar refractivity (Wildman–Crippen MR) is 85.7 cm³/mol. The number of piperidine rings is 1. The van der Waals surface area contributed by atoms with Crippen molar-refractivity contribution in [1.29, 1.82) is 0 Å². The van der Waals surface area contributed by atoms with Crippen molar-refractivity contribution in [2.45, 2.75) is 19.0 Å². The van der Waals surface area contributed by atoms with Gasteiger partial charge in [0.1, 0.15) is 0 Å². The molecule has 1 aromatic carbocycles. The molecule has 1 aliphatic rings. The molecule has 0 saturated carbocycles. The van der Waals surface area contributed by atoms with Crippen LogP contribution in [0.2, 0.25) is 5.02 Å². The summed E-state index contributed by atoms with van der Waals surface area (Å²) >= 11 is 6.11. The van der Waals surface area contributed by atoms with Gasteiger partial charge in [-0.25, -0.2) is 0 Å². The molecule has 1 fully saturated rings. The van der Waals surface area contributed by atoms with E-state index in [2.05, 4.69) is 10.2 Å². The molecule has 1 heterocycles. The third kappa shape index (κ3) is 3.00. The van der Waals surface area contributed by atoms with Crippen LogP contribution in [0.4, 0.5) is 11.4 Å². The lowest BCUT2D eigenvalue weighted by molar-refractivity contribution is 0.606. The van der Waals surface area contributed by atoms with Gasteiger partial charge in [-0.1, -0.05) is 11.6 Å². The minimum absolute atomic E-state index is 0.00188. The summed E-state index contributed by atoms with van der Waals surface area (Å²) in [6, 6.07) is 3.66. The van der Waals surface area contributed by atoms with Gasteiger partial charge in [0.25, 0.3) is 0 Å². The van der Waals surface area contributed by atoms with Crippen LogP contribution in [0.3, 0.4) is 0 Å². The van der Waals surface area contributed by atoms with Gasteiger partial charge in [-0.2, -0.15) is 0 Å². The molecule has 5 nitrogen and oxygen atoms in total. The highest BCUT2D eigenvalue weighted by Gasteiger charge is 2.23. The number of nitrogens with one attached hydrogen (secondary N) is 1. The van der Waals surface area contributed by atoms with Crippen molar-refractivity contribution in [3.63, 3.8) is 0 Å². The van der Waals surface area contributed by atoms with E-state index in [0.717, 1.165) is 30.8 Å². The molecule has 110 valence electrons. The monoisotopic (exact) mass is 295 g/mol. The van der Waals surface area contributed by atoms with E-state index < -0.39 is 0 Å². The molecule has 1 aliphatic heterocycles. The molecule has 1 unspecified atom stereocenters. The highest BCUT2D eigenvalue weighted by molar-refractivity contribution is 6.31. The Hall–Kier alpha value is -1.43. The molecule has 1 atom stereocenters. The number of nitrogens with zero attached hydrogens (tertiary/aromatic N) is 1. The van der Waals surface area contributed by atoms with Gasteiger partial charge in [-0.05, 0) is 30.3 Å². The van der Waals surface area contributed by atoms with Crippen LogP contribution < -0.4 is 27.4 Å². The molecular weight excluding hydrogens is 274 g/mol. The average molecular weight is 296 g/mol. The molecule has 0 spiro atoms. The summed E-state index contributed by atoms with van der Waals surface area (Å²) in [6.45, 7) is 2.01. The highest BCUT2D eigenvalue weighted by atomic mass is 35.5. The van der Waals surface area contributed by atoms with E-state index in [-0.39, 0.29) is 6.04 Å². The first-order valence-electron chi connectivity index (χ1n) is 6.71. The molecule has 2 rings (SSSR count). The normalized spacial score (nSPS) is 21.3. The Morgan fingerprint density at radius 3 is 2.85 bits per heavy atom. The summed E-state index contributed by atoms with van der Waals surface area (Å²) in [6.07, 6.45) is 2.90. The number of halogens is 1. The molecule has 0 aromatic heterocycles. The fourth-order valence-electron chi connectivity index (χ4n) is 2.63. The molecule has 1 saturated heterocycles. The number of hydrogen-bond donors (Lipinski definition) is 4. The van der Waals surface area contributed by atoms with Crippen molar-refractivity contribution in [1.82, 2.24) is 5.32 Å². The highest BCUT2D eigenvalue weighted by Crippen LogP contribution is 2.32. The molecule has 0 radical (unpaired) electrons. The van der Waals surface area contributed by atoms with Gasteiger partial charge in [-0.3, -0.25) is 0 Å². The van der Waals surface area contributed by atoms with E-state index in [1.54, 1.807) is 6.07 Å².